The third-order valence-corrected chi connectivity index (χ3v) is 3.12. The van der Waals surface area contributed by atoms with Gasteiger partial charge in [-0.15, -0.1) is 0 Å². The molecule has 1 heterocycles. The zero-order valence-electron chi connectivity index (χ0n) is 11.4. The number of aliphatic imine (C=N–C) groups is 1. The Balaban J connectivity index is 1.80. The lowest BCUT2D eigenvalue weighted by molar-refractivity contribution is 0.961. The van der Waals surface area contributed by atoms with E-state index in [-0.39, 0.29) is 0 Å². The van der Waals surface area contributed by atoms with Crippen LogP contribution in [0.1, 0.15) is 30.1 Å². The summed E-state index contributed by atoms with van der Waals surface area (Å²) in [4.78, 5) is 13.0. The molecule has 0 saturated heterocycles. The first kappa shape index (κ1) is 12.6. The zero-order valence-corrected chi connectivity index (χ0v) is 11.4. The van der Waals surface area contributed by atoms with E-state index in [4.69, 9.17) is 5.73 Å². The number of nitrogens with zero attached hydrogens (tertiary/aromatic N) is 3. The first-order chi connectivity index (χ1) is 9.70. The number of nitrogens with one attached hydrogen (secondary N) is 1. The summed E-state index contributed by atoms with van der Waals surface area (Å²) in [6, 6.07) is 11.7. The molecule has 1 aliphatic carbocycles. The van der Waals surface area contributed by atoms with E-state index >= 15 is 0 Å². The van der Waals surface area contributed by atoms with Gasteiger partial charge in [0, 0.05) is 23.0 Å². The normalized spacial score (nSPS) is 15.2. The third kappa shape index (κ3) is 3.12. The van der Waals surface area contributed by atoms with Gasteiger partial charge in [-0.3, -0.25) is 0 Å². The van der Waals surface area contributed by atoms with Gasteiger partial charge in [-0.05, 0) is 38.0 Å². The van der Waals surface area contributed by atoms with E-state index in [1.807, 2.05) is 43.3 Å². The first-order valence-corrected chi connectivity index (χ1v) is 6.72. The van der Waals surface area contributed by atoms with Gasteiger partial charge in [-0.25, -0.2) is 9.97 Å². The van der Waals surface area contributed by atoms with Gasteiger partial charge in [-0.1, -0.05) is 18.2 Å². The van der Waals surface area contributed by atoms with Crippen LogP contribution in [0.4, 0.5) is 11.6 Å². The van der Waals surface area contributed by atoms with Crippen LogP contribution in [-0.2, 0) is 0 Å². The molecule has 0 aliphatic heterocycles. The van der Waals surface area contributed by atoms with Gasteiger partial charge in [-0.2, -0.15) is 4.99 Å². The molecule has 1 fully saturated rings. The Morgan fingerprint density at radius 2 is 2.00 bits per heavy atom. The second-order valence-electron chi connectivity index (χ2n) is 5.00. The molecule has 0 amide bonds. The number of hydrogen-bond acceptors (Lipinski definition) is 3. The highest BCUT2D eigenvalue weighted by atomic mass is 15.3. The fourth-order valence-electron chi connectivity index (χ4n) is 2.02. The topological polar surface area (TPSA) is 76.2 Å². The fourth-order valence-corrected chi connectivity index (χ4v) is 2.02. The summed E-state index contributed by atoms with van der Waals surface area (Å²) in [5.41, 5.74) is 8.78. The number of para-hydroxylation sites is 1. The maximum Gasteiger partial charge on any atom is 0.253 e. The molecule has 5 nitrogen and oxygen atoms in total. The molecule has 3 N–H and O–H groups in total. The minimum absolute atomic E-state index is 0.295. The van der Waals surface area contributed by atoms with Crippen molar-refractivity contribution in [3.63, 3.8) is 0 Å². The van der Waals surface area contributed by atoms with Crippen molar-refractivity contribution in [3.8, 4) is 0 Å². The smallest absolute Gasteiger partial charge is 0.253 e. The summed E-state index contributed by atoms with van der Waals surface area (Å²) >= 11 is 0. The summed E-state index contributed by atoms with van der Waals surface area (Å²) in [5, 5.41) is 3.02. The zero-order chi connectivity index (χ0) is 13.9. The molecule has 0 radical (unpaired) electrons. The number of guanidine groups is 1. The Kier molecular flexibility index (Phi) is 3.33. The number of rotatable bonds is 3. The van der Waals surface area contributed by atoms with Gasteiger partial charge < -0.3 is 11.1 Å². The fraction of sp³-hybridized carbons (Fsp3) is 0.267. The number of benzene rings is 1. The molecule has 102 valence electrons. The van der Waals surface area contributed by atoms with Crippen molar-refractivity contribution in [2.45, 2.75) is 25.7 Å². The van der Waals surface area contributed by atoms with Crippen molar-refractivity contribution in [2.24, 2.45) is 10.7 Å². The Bertz CT molecular complexity index is 632. The minimum atomic E-state index is 0.295. The monoisotopic (exact) mass is 273 g/mol. The van der Waals surface area contributed by atoms with Gasteiger partial charge in [0.15, 0.2) is 0 Å². The highest BCUT2D eigenvalue weighted by Gasteiger charge is 2.25. The van der Waals surface area contributed by atoms with Crippen molar-refractivity contribution in [3.05, 3.63) is 47.8 Å². The predicted molar refractivity (Wildman–Crippen MR) is 80.1 cm³/mol. The molecule has 2 aromatic rings. The van der Waals surface area contributed by atoms with Crippen LogP contribution in [0.2, 0.25) is 0 Å². The molecule has 1 aromatic carbocycles. The number of aromatic nitrogens is 2. The maximum absolute atomic E-state index is 5.89. The summed E-state index contributed by atoms with van der Waals surface area (Å²) in [5.74, 6) is 1.30. The van der Waals surface area contributed by atoms with Gasteiger partial charge in [0.2, 0.25) is 5.96 Å². The van der Waals surface area contributed by atoms with Crippen LogP contribution in [-0.4, -0.2) is 15.9 Å². The van der Waals surface area contributed by atoms with Gasteiger partial charge >= 0.3 is 0 Å². The number of anilines is 1. The summed E-state index contributed by atoms with van der Waals surface area (Å²) in [7, 11) is 0. The van der Waals surface area contributed by atoms with Gasteiger partial charge in [0.25, 0.3) is 5.95 Å². The molecule has 20 heavy (non-hydrogen) atoms. The van der Waals surface area contributed by atoms with E-state index in [2.05, 4.69) is 20.3 Å². The van der Waals surface area contributed by atoms with Crippen molar-refractivity contribution in [1.29, 1.82) is 0 Å². The van der Waals surface area contributed by atoms with Crippen LogP contribution in [0, 0.1) is 6.92 Å². The Labute approximate surface area is 118 Å². The highest BCUT2D eigenvalue weighted by Crippen LogP contribution is 2.39. The molecule has 0 bridgehead atoms. The van der Waals surface area contributed by atoms with Crippen molar-refractivity contribution >= 4 is 17.6 Å². The van der Waals surface area contributed by atoms with Crippen LogP contribution in [0.3, 0.4) is 0 Å². The molecule has 1 aromatic heterocycles. The quantitative estimate of drug-likeness (QED) is 0.666. The van der Waals surface area contributed by atoms with E-state index in [9.17, 15) is 0 Å². The van der Waals surface area contributed by atoms with Gasteiger partial charge in [0.1, 0.15) is 0 Å². The van der Waals surface area contributed by atoms with Crippen LogP contribution >= 0.6 is 0 Å². The highest BCUT2D eigenvalue weighted by molar-refractivity contribution is 5.93. The Morgan fingerprint density at radius 1 is 1.25 bits per heavy atom. The van der Waals surface area contributed by atoms with Crippen molar-refractivity contribution in [1.82, 2.24) is 9.97 Å². The number of hydrogen-bond donors (Lipinski definition) is 2. The summed E-state index contributed by atoms with van der Waals surface area (Å²) in [6.45, 7) is 1.95. The SMILES string of the molecule is Cc1cc(C2CC2)nc(N=C(N)N[13c]2[13cH][13cH][13cH][13cH][13cH]2)n1. The van der Waals surface area contributed by atoms with E-state index in [1.54, 1.807) is 0 Å². The first-order valence-electron chi connectivity index (χ1n) is 6.72. The lowest BCUT2D eigenvalue weighted by atomic mass is 10.2. The van der Waals surface area contributed by atoms with Crippen LogP contribution in [0.15, 0.2) is 41.4 Å². The van der Waals surface area contributed by atoms with E-state index in [0.717, 1.165) is 17.1 Å². The average molecular weight is 273 g/mol. The molecule has 0 spiro atoms. The Morgan fingerprint density at radius 3 is 2.70 bits per heavy atom. The van der Waals surface area contributed by atoms with Crippen molar-refractivity contribution < 1.29 is 0 Å². The van der Waals surface area contributed by atoms with Gasteiger partial charge in [0.05, 0.1) is 0 Å². The molecule has 0 unspecified atom stereocenters. The third-order valence-electron chi connectivity index (χ3n) is 3.12. The standard InChI is InChI=1S/C15H17N5/c1-10-9-13(11-7-8-11)19-15(17-10)20-14(16)18-12-5-3-2-4-6-12/h2-6,9,11H,7-8H2,1H3,(H3,16,17,18,19,20)/i2+1,3+1,4+1,5+1,6+1,12+1. The lowest BCUT2D eigenvalue weighted by Crippen LogP contribution is -2.22. The number of aryl methyl sites for hydroxylation is 1. The lowest BCUT2D eigenvalue weighted by Gasteiger charge is -2.05. The average Bonchev–Trinajstić information content (AvgIpc) is 3.23. The second-order valence-corrected chi connectivity index (χ2v) is 5.00. The molecule has 1 saturated carbocycles. The summed E-state index contributed by atoms with van der Waals surface area (Å²) in [6.07, 6.45) is 2.41. The van der Waals surface area contributed by atoms with E-state index in [0.29, 0.717) is 17.8 Å². The molecule has 0 atom stereocenters. The second kappa shape index (κ2) is 5.28. The molecule has 5 heteroatoms. The molecule has 3 rings (SSSR count). The Hall–Kier alpha value is -2.43. The van der Waals surface area contributed by atoms with Crippen LogP contribution in [0.25, 0.3) is 0 Å². The summed E-state index contributed by atoms with van der Waals surface area (Å²) < 4.78 is 0. The number of nitrogens with two attached hydrogens (primary N) is 1. The molecular weight excluding hydrogens is 256 g/mol. The molecule has 1 aliphatic rings. The van der Waals surface area contributed by atoms with Crippen LogP contribution in [0.5, 0.6) is 0 Å². The van der Waals surface area contributed by atoms with Crippen molar-refractivity contribution in [2.75, 3.05) is 5.32 Å². The molecular formula is C15H17N5. The largest absolute Gasteiger partial charge is 0.369 e. The minimum Gasteiger partial charge on any atom is -0.369 e. The maximum atomic E-state index is 5.89. The predicted octanol–water partition coefficient (Wildman–Crippen LogP) is 2.72. The van der Waals surface area contributed by atoms with E-state index < -0.39 is 0 Å². The van der Waals surface area contributed by atoms with E-state index in [1.165, 1.54) is 12.8 Å². The van der Waals surface area contributed by atoms with Crippen LogP contribution < -0.4 is 11.1 Å².